The number of fused-ring (bicyclic) bond motifs is 1. The summed E-state index contributed by atoms with van der Waals surface area (Å²) >= 11 is 0. The van der Waals surface area contributed by atoms with Crippen LogP contribution in [0.3, 0.4) is 0 Å². The molecule has 0 aliphatic heterocycles. The Morgan fingerprint density at radius 1 is 1.24 bits per heavy atom. The summed E-state index contributed by atoms with van der Waals surface area (Å²) in [6, 6.07) is 9.28. The zero-order valence-corrected chi connectivity index (χ0v) is 10.8. The predicted octanol–water partition coefficient (Wildman–Crippen LogP) is 3.08. The topological polar surface area (TPSA) is 24.9 Å². The molecular formula is C15H20N2. The molecule has 0 saturated carbocycles. The molecule has 17 heavy (non-hydrogen) atoms. The van der Waals surface area contributed by atoms with Crippen molar-refractivity contribution in [1.29, 1.82) is 0 Å². The number of aryl methyl sites for hydroxylation is 1. The molecule has 90 valence electrons. The third-order valence-electron chi connectivity index (χ3n) is 2.85. The van der Waals surface area contributed by atoms with Crippen LogP contribution in [0.2, 0.25) is 0 Å². The van der Waals surface area contributed by atoms with E-state index in [1.165, 1.54) is 16.5 Å². The number of hydrogen-bond donors (Lipinski definition) is 1. The summed E-state index contributed by atoms with van der Waals surface area (Å²) in [7, 11) is 0. The minimum absolute atomic E-state index is 0.555. The number of rotatable bonds is 4. The fraction of sp³-hybridized carbons (Fsp3) is 0.400. The molecule has 2 rings (SSSR count). The first kappa shape index (κ1) is 12.1. The molecular weight excluding hydrogens is 208 g/mol. The summed E-state index contributed by atoms with van der Waals surface area (Å²) in [5.41, 5.74) is 3.67. The van der Waals surface area contributed by atoms with Gasteiger partial charge in [0, 0.05) is 17.6 Å². The van der Waals surface area contributed by atoms with E-state index in [9.17, 15) is 0 Å². The summed E-state index contributed by atoms with van der Waals surface area (Å²) in [5, 5.41) is 4.68. The molecule has 1 aromatic carbocycles. The molecule has 0 bridgehead atoms. The molecule has 0 radical (unpaired) electrons. The SMILES string of the molecule is Cc1cnc2ccc(CCNC(C)C)cc2c1. The van der Waals surface area contributed by atoms with Gasteiger partial charge >= 0.3 is 0 Å². The van der Waals surface area contributed by atoms with Gasteiger partial charge in [-0.2, -0.15) is 0 Å². The number of nitrogens with one attached hydrogen (secondary N) is 1. The lowest BCUT2D eigenvalue weighted by Gasteiger charge is -2.08. The maximum absolute atomic E-state index is 4.41. The zero-order chi connectivity index (χ0) is 12.3. The number of hydrogen-bond acceptors (Lipinski definition) is 2. The monoisotopic (exact) mass is 228 g/mol. The van der Waals surface area contributed by atoms with Crippen LogP contribution in [0.1, 0.15) is 25.0 Å². The van der Waals surface area contributed by atoms with E-state index in [1.54, 1.807) is 0 Å². The smallest absolute Gasteiger partial charge is 0.0702 e. The van der Waals surface area contributed by atoms with Gasteiger partial charge in [0.1, 0.15) is 0 Å². The van der Waals surface area contributed by atoms with Gasteiger partial charge in [-0.15, -0.1) is 0 Å². The van der Waals surface area contributed by atoms with E-state index in [4.69, 9.17) is 0 Å². The second kappa shape index (κ2) is 5.28. The minimum atomic E-state index is 0.555. The van der Waals surface area contributed by atoms with Crippen molar-refractivity contribution in [1.82, 2.24) is 10.3 Å². The maximum Gasteiger partial charge on any atom is 0.0702 e. The lowest BCUT2D eigenvalue weighted by Crippen LogP contribution is -2.24. The minimum Gasteiger partial charge on any atom is -0.314 e. The molecule has 1 heterocycles. The molecule has 0 spiro atoms. The van der Waals surface area contributed by atoms with Gasteiger partial charge in [0.25, 0.3) is 0 Å². The van der Waals surface area contributed by atoms with Crippen molar-refractivity contribution in [3.63, 3.8) is 0 Å². The van der Waals surface area contributed by atoms with Crippen molar-refractivity contribution < 1.29 is 0 Å². The van der Waals surface area contributed by atoms with Gasteiger partial charge < -0.3 is 5.32 Å². The van der Waals surface area contributed by atoms with Crippen LogP contribution < -0.4 is 5.32 Å². The zero-order valence-electron chi connectivity index (χ0n) is 10.8. The van der Waals surface area contributed by atoms with Crippen LogP contribution in [0.15, 0.2) is 30.5 Å². The van der Waals surface area contributed by atoms with Gasteiger partial charge in [-0.1, -0.05) is 19.9 Å². The molecule has 0 unspecified atom stereocenters. The van der Waals surface area contributed by atoms with E-state index >= 15 is 0 Å². The highest BCUT2D eigenvalue weighted by Gasteiger charge is 1.99. The average molecular weight is 228 g/mol. The average Bonchev–Trinajstić information content (AvgIpc) is 2.28. The van der Waals surface area contributed by atoms with Crippen molar-refractivity contribution in [3.8, 4) is 0 Å². The Morgan fingerprint density at radius 3 is 2.82 bits per heavy atom. The predicted molar refractivity (Wildman–Crippen MR) is 73.3 cm³/mol. The Hall–Kier alpha value is -1.41. The molecule has 2 heteroatoms. The molecule has 0 fully saturated rings. The van der Waals surface area contributed by atoms with Crippen LogP contribution >= 0.6 is 0 Å². The quantitative estimate of drug-likeness (QED) is 0.870. The molecule has 2 nitrogen and oxygen atoms in total. The first-order valence-electron chi connectivity index (χ1n) is 6.24. The van der Waals surface area contributed by atoms with Crippen molar-refractivity contribution in [2.45, 2.75) is 33.2 Å². The molecule has 0 aliphatic rings. The van der Waals surface area contributed by atoms with E-state index in [0.29, 0.717) is 6.04 Å². The third-order valence-corrected chi connectivity index (χ3v) is 2.85. The summed E-state index contributed by atoms with van der Waals surface area (Å²) < 4.78 is 0. The molecule has 0 saturated heterocycles. The molecule has 2 aromatic rings. The van der Waals surface area contributed by atoms with Crippen molar-refractivity contribution in [3.05, 3.63) is 41.6 Å². The van der Waals surface area contributed by atoms with Gasteiger partial charge in [-0.05, 0) is 49.2 Å². The summed E-state index contributed by atoms with van der Waals surface area (Å²) in [6.07, 6.45) is 2.99. The molecule has 0 amide bonds. The molecule has 1 N–H and O–H groups in total. The van der Waals surface area contributed by atoms with E-state index in [-0.39, 0.29) is 0 Å². The Morgan fingerprint density at radius 2 is 2.06 bits per heavy atom. The Labute approximate surface area is 103 Å². The number of nitrogens with zero attached hydrogens (tertiary/aromatic N) is 1. The van der Waals surface area contributed by atoms with Crippen LogP contribution in [-0.4, -0.2) is 17.6 Å². The van der Waals surface area contributed by atoms with Crippen molar-refractivity contribution in [2.75, 3.05) is 6.54 Å². The summed E-state index contributed by atoms with van der Waals surface area (Å²) in [5.74, 6) is 0. The highest BCUT2D eigenvalue weighted by molar-refractivity contribution is 5.79. The van der Waals surface area contributed by atoms with Crippen LogP contribution in [0.4, 0.5) is 0 Å². The molecule has 1 aromatic heterocycles. The van der Waals surface area contributed by atoms with Gasteiger partial charge in [0.15, 0.2) is 0 Å². The fourth-order valence-electron chi connectivity index (χ4n) is 1.95. The van der Waals surface area contributed by atoms with Crippen molar-refractivity contribution >= 4 is 10.9 Å². The first-order chi connectivity index (χ1) is 8.15. The number of benzene rings is 1. The first-order valence-corrected chi connectivity index (χ1v) is 6.24. The van der Waals surface area contributed by atoms with Crippen LogP contribution in [-0.2, 0) is 6.42 Å². The van der Waals surface area contributed by atoms with Crippen LogP contribution in [0.25, 0.3) is 10.9 Å². The fourth-order valence-corrected chi connectivity index (χ4v) is 1.95. The van der Waals surface area contributed by atoms with E-state index in [2.05, 4.69) is 55.3 Å². The van der Waals surface area contributed by atoms with E-state index in [0.717, 1.165) is 18.5 Å². The highest BCUT2D eigenvalue weighted by Crippen LogP contribution is 2.15. The Bertz CT molecular complexity index is 503. The molecule has 0 aliphatic carbocycles. The van der Waals surface area contributed by atoms with Gasteiger partial charge in [-0.25, -0.2) is 0 Å². The largest absolute Gasteiger partial charge is 0.314 e. The number of aromatic nitrogens is 1. The lowest BCUT2D eigenvalue weighted by molar-refractivity contribution is 0.590. The highest BCUT2D eigenvalue weighted by atomic mass is 14.9. The van der Waals surface area contributed by atoms with E-state index in [1.807, 2.05) is 6.20 Å². The summed E-state index contributed by atoms with van der Waals surface area (Å²) in [4.78, 5) is 4.41. The molecule has 0 atom stereocenters. The second-order valence-electron chi connectivity index (χ2n) is 4.90. The third kappa shape index (κ3) is 3.27. The summed E-state index contributed by atoms with van der Waals surface area (Å²) in [6.45, 7) is 7.46. The Balaban J connectivity index is 2.13. The van der Waals surface area contributed by atoms with E-state index < -0.39 is 0 Å². The standard InChI is InChI=1S/C15H20N2/c1-11(2)16-7-6-13-4-5-15-14(9-13)8-12(3)10-17-15/h4-5,8-11,16H,6-7H2,1-3H3. The van der Waals surface area contributed by atoms with Crippen LogP contribution in [0.5, 0.6) is 0 Å². The Kier molecular flexibility index (Phi) is 3.75. The van der Waals surface area contributed by atoms with Gasteiger partial charge in [0.2, 0.25) is 0 Å². The maximum atomic E-state index is 4.41. The lowest BCUT2D eigenvalue weighted by atomic mass is 10.1. The van der Waals surface area contributed by atoms with Gasteiger partial charge in [0.05, 0.1) is 5.52 Å². The van der Waals surface area contributed by atoms with Crippen LogP contribution in [0, 0.1) is 6.92 Å². The van der Waals surface area contributed by atoms with Gasteiger partial charge in [-0.3, -0.25) is 4.98 Å². The number of pyridine rings is 1. The second-order valence-corrected chi connectivity index (χ2v) is 4.90. The normalized spacial score (nSPS) is 11.3. The van der Waals surface area contributed by atoms with Crippen molar-refractivity contribution in [2.24, 2.45) is 0 Å².